The molecule has 2 aliphatic heterocycles. The Bertz CT molecular complexity index is 512. The molecule has 21 heavy (non-hydrogen) atoms. The van der Waals surface area contributed by atoms with Crippen molar-refractivity contribution in [2.24, 2.45) is 5.92 Å². The molecule has 0 aromatic heterocycles. The van der Waals surface area contributed by atoms with Crippen molar-refractivity contribution in [2.45, 2.75) is 26.7 Å². The summed E-state index contributed by atoms with van der Waals surface area (Å²) in [5.41, 5.74) is 3.14. The van der Waals surface area contributed by atoms with Crippen LogP contribution in [0.1, 0.15) is 34.3 Å². The number of piperidine rings is 1. The van der Waals surface area contributed by atoms with E-state index in [0.29, 0.717) is 5.92 Å². The maximum atomic E-state index is 12.8. The van der Waals surface area contributed by atoms with E-state index in [0.717, 1.165) is 36.3 Å². The van der Waals surface area contributed by atoms with Crippen LogP contribution in [0.25, 0.3) is 0 Å². The van der Waals surface area contributed by atoms with Gasteiger partial charge in [0.25, 0.3) is 5.91 Å². The largest absolute Gasteiger partial charge is 0.337 e. The monoisotopic (exact) mass is 286 g/mol. The van der Waals surface area contributed by atoms with Gasteiger partial charge in [-0.2, -0.15) is 0 Å². The summed E-state index contributed by atoms with van der Waals surface area (Å²) < 4.78 is 0. The van der Waals surface area contributed by atoms with Crippen LogP contribution in [0, 0.1) is 27.2 Å². The molecular formula is C18H26N2O. The van der Waals surface area contributed by atoms with E-state index in [1.54, 1.807) is 0 Å². The SMILES string of the molecule is Cc1ccc(C)c(C(=O)N2CCN3CCCC(C3)C2)c1.[CH2]. The summed E-state index contributed by atoms with van der Waals surface area (Å²) in [4.78, 5) is 17.4. The number of aryl methyl sites for hydroxylation is 2. The van der Waals surface area contributed by atoms with Crippen molar-refractivity contribution in [3.63, 3.8) is 0 Å². The zero-order valence-electron chi connectivity index (χ0n) is 13.3. The average molecular weight is 286 g/mol. The first kappa shape index (κ1) is 16.0. The molecule has 1 aromatic rings. The van der Waals surface area contributed by atoms with Gasteiger partial charge >= 0.3 is 0 Å². The van der Waals surface area contributed by atoms with Crippen LogP contribution >= 0.6 is 0 Å². The molecular weight excluding hydrogens is 260 g/mol. The maximum Gasteiger partial charge on any atom is 0.254 e. The number of hydrogen-bond acceptors (Lipinski definition) is 2. The van der Waals surface area contributed by atoms with Gasteiger partial charge in [0.2, 0.25) is 0 Å². The summed E-state index contributed by atoms with van der Waals surface area (Å²) in [7, 11) is 0. The van der Waals surface area contributed by atoms with Gasteiger partial charge in [-0.05, 0) is 50.8 Å². The highest BCUT2D eigenvalue weighted by Gasteiger charge is 2.29. The van der Waals surface area contributed by atoms with Crippen molar-refractivity contribution >= 4 is 5.91 Å². The van der Waals surface area contributed by atoms with E-state index in [4.69, 9.17) is 0 Å². The van der Waals surface area contributed by atoms with E-state index < -0.39 is 0 Å². The van der Waals surface area contributed by atoms with Crippen LogP contribution in [-0.4, -0.2) is 48.4 Å². The third kappa shape index (κ3) is 3.46. The van der Waals surface area contributed by atoms with Crippen LogP contribution in [0.3, 0.4) is 0 Å². The fourth-order valence-corrected chi connectivity index (χ4v) is 3.49. The highest BCUT2D eigenvalue weighted by molar-refractivity contribution is 5.95. The van der Waals surface area contributed by atoms with Crippen LogP contribution < -0.4 is 0 Å². The first-order chi connectivity index (χ1) is 9.63. The van der Waals surface area contributed by atoms with Gasteiger partial charge in [0, 0.05) is 31.7 Å². The molecule has 0 aliphatic carbocycles. The lowest BCUT2D eigenvalue weighted by molar-refractivity contribution is 0.0745. The third-order valence-electron chi connectivity index (χ3n) is 4.68. The van der Waals surface area contributed by atoms with E-state index in [-0.39, 0.29) is 13.3 Å². The Morgan fingerprint density at radius 1 is 1.14 bits per heavy atom. The van der Waals surface area contributed by atoms with E-state index in [2.05, 4.69) is 28.9 Å². The predicted octanol–water partition coefficient (Wildman–Crippen LogP) is 2.80. The van der Waals surface area contributed by atoms with Gasteiger partial charge < -0.3 is 9.80 Å². The Labute approximate surface area is 128 Å². The number of rotatable bonds is 1. The highest BCUT2D eigenvalue weighted by Crippen LogP contribution is 2.22. The van der Waals surface area contributed by atoms with Crippen molar-refractivity contribution in [2.75, 3.05) is 32.7 Å². The quantitative estimate of drug-likeness (QED) is 0.792. The summed E-state index contributed by atoms with van der Waals surface area (Å²) >= 11 is 0. The molecule has 2 heterocycles. The van der Waals surface area contributed by atoms with Crippen molar-refractivity contribution in [3.8, 4) is 0 Å². The molecule has 2 saturated heterocycles. The van der Waals surface area contributed by atoms with Gasteiger partial charge in [0.1, 0.15) is 0 Å². The Kier molecular flexibility index (Phi) is 5.04. The summed E-state index contributed by atoms with van der Waals surface area (Å²) in [6, 6.07) is 6.17. The molecule has 2 atom stereocenters. The molecule has 2 bridgehead atoms. The molecule has 0 N–H and O–H groups in total. The zero-order valence-corrected chi connectivity index (χ0v) is 13.3. The molecule has 2 radical (unpaired) electrons. The number of carbonyl (C=O) groups excluding carboxylic acids is 1. The van der Waals surface area contributed by atoms with E-state index in [1.807, 2.05) is 13.0 Å². The van der Waals surface area contributed by atoms with Crippen LogP contribution in [0.5, 0.6) is 0 Å². The Hall–Kier alpha value is -1.35. The average Bonchev–Trinajstić information content (AvgIpc) is 2.59. The third-order valence-corrected chi connectivity index (χ3v) is 4.68. The van der Waals surface area contributed by atoms with Crippen molar-refractivity contribution < 1.29 is 4.79 Å². The Morgan fingerprint density at radius 2 is 1.95 bits per heavy atom. The van der Waals surface area contributed by atoms with E-state index in [1.165, 1.54) is 25.9 Å². The molecule has 3 rings (SSSR count). The maximum absolute atomic E-state index is 12.8. The van der Waals surface area contributed by atoms with Gasteiger partial charge in [-0.25, -0.2) is 0 Å². The number of hydrogen-bond donors (Lipinski definition) is 0. The van der Waals surface area contributed by atoms with Crippen molar-refractivity contribution in [3.05, 3.63) is 42.3 Å². The van der Waals surface area contributed by atoms with E-state index >= 15 is 0 Å². The topological polar surface area (TPSA) is 23.6 Å². The standard InChI is InChI=1S/C17H24N2O.CH2/c1-13-5-6-14(2)16(10-13)17(20)19-9-8-18-7-3-4-15(11-18)12-19;/h5-6,10,15H,3-4,7-9,11-12H2,1-2H3;1H2. The molecule has 0 spiro atoms. The summed E-state index contributed by atoms with van der Waals surface area (Å²) in [6.07, 6.45) is 2.56. The lowest BCUT2D eigenvalue weighted by Gasteiger charge is -2.29. The molecule has 1 aromatic carbocycles. The zero-order chi connectivity index (χ0) is 14.1. The smallest absolute Gasteiger partial charge is 0.254 e. The Balaban J connectivity index is 0.00000161. The van der Waals surface area contributed by atoms with Gasteiger partial charge in [-0.1, -0.05) is 25.1 Å². The molecule has 3 heteroatoms. The molecule has 0 saturated carbocycles. The van der Waals surface area contributed by atoms with Crippen molar-refractivity contribution in [1.29, 1.82) is 0 Å². The van der Waals surface area contributed by atoms with Crippen LogP contribution in [0.15, 0.2) is 18.2 Å². The second-order valence-electron chi connectivity index (χ2n) is 6.38. The lowest BCUT2D eigenvalue weighted by Crippen LogP contribution is -2.36. The molecule has 2 unspecified atom stereocenters. The minimum Gasteiger partial charge on any atom is -0.337 e. The fourth-order valence-electron chi connectivity index (χ4n) is 3.49. The Morgan fingerprint density at radius 3 is 2.76 bits per heavy atom. The number of carbonyl (C=O) groups is 1. The molecule has 2 aliphatic rings. The highest BCUT2D eigenvalue weighted by atomic mass is 16.2. The number of fused-ring (bicyclic) bond motifs is 2. The number of benzene rings is 1. The second kappa shape index (κ2) is 6.61. The normalized spacial score (nSPS) is 25.0. The molecule has 1 amide bonds. The van der Waals surface area contributed by atoms with Crippen LogP contribution in [-0.2, 0) is 0 Å². The van der Waals surface area contributed by atoms with Gasteiger partial charge in [-0.15, -0.1) is 0 Å². The van der Waals surface area contributed by atoms with Crippen LogP contribution in [0.4, 0.5) is 0 Å². The summed E-state index contributed by atoms with van der Waals surface area (Å²) in [6.45, 7) is 9.32. The molecule has 2 fully saturated rings. The minimum atomic E-state index is 0. The number of nitrogens with zero attached hydrogens (tertiary/aromatic N) is 2. The van der Waals surface area contributed by atoms with Gasteiger partial charge in [0.15, 0.2) is 0 Å². The molecule has 3 nitrogen and oxygen atoms in total. The van der Waals surface area contributed by atoms with Crippen molar-refractivity contribution in [1.82, 2.24) is 9.80 Å². The van der Waals surface area contributed by atoms with Gasteiger partial charge in [0.05, 0.1) is 0 Å². The van der Waals surface area contributed by atoms with Gasteiger partial charge in [-0.3, -0.25) is 4.79 Å². The lowest BCUT2D eigenvalue weighted by atomic mass is 9.98. The summed E-state index contributed by atoms with van der Waals surface area (Å²) in [5.74, 6) is 0.889. The second-order valence-corrected chi connectivity index (χ2v) is 6.38. The predicted molar refractivity (Wildman–Crippen MR) is 86.3 cm³/mol. The first-order valence-corrected chi connectivity index (χ1v) is 7.72. The fraction of sp³-hybridized carbons (Fsp3) is 0.556. The molecule has 114 valence electrons. The summed E-state index contributed by atoms with van der Waals surface area (Å²) in [5, 5.41) is 0. The number of amides is 1. The first-order valence-electron chi connectivity index (χ1n) is 7.72. The van der Waals surface area contributed by atoms with Crippen LogP contribution in [0.2, 0.25) is 0 Å². The minimum absolute atomic E-state index is 0. The van der Waals surface area contributed by atoms with E-state index in [9.17, 15) is 4.79 Å².